The average molecular weight is 656 g/mol. The molecule has 0 radical (unpaired) electrons. The van der Waals surface area contributed by atoms with E-state index in [1.54, 1.807) is 18.7 Å². The van der Waals surface area contributed by atoms with E-state index >= 15 is 0 Å². The molecule has 6 nitrogen and oxygen atoms in total. The van der Waals surface area contributed by atoms with E-state index in [0.29, 0.717) is 35.2 Å². The fourth-order valence-corrected chi connectivity index (χ4v) is 7.36. The lowest BCUT2D eigenvalue weighted by Crippen LogP contribution is -2.46. The van der Waals surface area contributed by atoms with E-state index in [0.717, 1.165) is 59.3 Å². The molecule has 0 bridgehead atoms. The Hall–Kier alpha value is -3.54. The van der Waals surface area contributed by atoms with Crippen molar-refractivity contribution in [3.63, 3.8) is 0 Å². The maximum Gasteiger partial charge on any atom is 0.416 e. The molecule has 2 heterocycles. The molecule has 0 saturated carbocycles. The average Bonchev–Trinajstić information content (AvgIpc) is 3.42. The number of ether oxygens (including phenoxy) is 2. The molecule has 1 aliphatic heterocycles. The number of aryl methyl sites for hydroxylation is 2. The van der Waals surface area contributed by atoms with Gasteiger partial charge in [0.15, 0.2) is 6.61 Å². The molecule has 0 spiro atoms. The summed E-state index contributed by atoms with van der Waals surface area (Å²) < 4.78 is 50.1. The lowest BCUT2D eigenvalue weighted by Gasteiger charge is -2.36. The number of nitrogens with zero attached hydrogens (tertiary/aromatic N) is 3. The van der Waals surface area contributed by atoms with Crippen LogP contribution in [-0.2, 0) is 28.0 Å². The predicted molar refractivity (Wildman–Crippen MR) is 174 cm³/mol. The molecule has 0 unspecified atom stereocenters. The summed E-state index contributed by atoms with van der Waals surface area (Å²) in [7, 11) is 0. The number of thiazole rings is 1. The number of hydrogen-bond donors (Lipinski definition) is 0. The maximum absolute atomic E-state index is 13.2. The van der Waals surface area contributed by atoms with Crippen LogP contribution in [-0.4, -0.2) is 55.2 Å². The molecule has 3 aromatic carbocycles. The molecule has 5 rings (SSSR count). The zero-order chi connectivity index (χ0) is 32.0. The number of carbonyl (C=O) groups excluding carboxylic acids is 1. The molecule has 1 aromatic heterocycles. The first-order chi connectivity index (χ1) is 21.6. The lowest BCUT2D eigenvalue weighted by molar-refractivity contribution is -0.145. The maximum atomic E-state index is 13.2. The van der Waals surface area contributed by atoms with Crippen LogP contribution in [0.15, 0.2) is 71.6 Å². The zero-order valence-corrected chi connectivity index (χ0v) is 27.2. The van der Waals surface area contributed by atoms with Gasteiger partial charge in [0.1, 0.15) is 10.8 Å². The fourth-order valence-electron chi connectivity index (χ4n) is 5.18. The summed E-state index contributed by atoms with van der Waals surface area (Å²) in [5.74, 6) is 0.882. The molecule has 1 saturated heterocycles. The van der Waals surface area contributed by atoms with E-state index < -0.39 is 17.7 Å². The van der Waals surface area contributed by atoms with Gasteiger partial charge in [-0.2, -0.15) is 13.2 Å². The Labute approximate surface area is 270 Å². The number of benzene rings is 3. The summed E-state index contributed by atoms with van der Waals surface area (Å²) in [5, 5.41) is 0.715. The Balaban J connectivity index is 1.30. The summed E-state index contributed by atoms with van der Waals surface area (Å²) in [6, 6.07) is 19.5. The number of anilines is 1. The standard InChI is InChI=1S/C34H36F3N3O3S2/c1-4-42-32(41)21-43-30-14-13-27(19-24(30)3)44-22-31-28(38-33(45-31)25-9-11-26(12-10-25)34(35,36)37)20-39-15-17-40(18-16-39)29-8-6-5-7-23(29)2/h5-14,19H,4,15-18,20-22H2,1-3H3. The second kappa shape index (κ2) is 14.7. The van der Waals surface area contributed by atoms with Gasteiger partial charge in [0, 0.05) is 59.5 Å². The van der Waals surface area contributed by atoms with Gasteiger partial charge in [0.2, 0.25) is 0 Å². The summed E-state index contributed by atoms with van der Waals surface area (Å²) in [6.45, 7) is 10.3. The summed E-state index contributed by atoms with van der Waals surface area (Å²) in [4.78, 5) is 23.6. The second-order valence-corrected chi connectivity index (χ2v) is 13.0. The van der Waals surface area contributed by atoms with Crippen molar-refractivity contribution in [1.82, 2.24) is 9.88 Å². The molecule has 0 atom stereocenters. The van der Waals surface area contributed by atoms with E-state index in [9.17, 15) is 18.0 Å². The monoisotopic (exact) mass is 655 g/mol. The second-order valence-electron chi connectivity index (χ2n) is 10.8. The van der Waals surface area contributed by atoms with E-state index in [1.165, 1.54) is 34.7 Å². The highest BCUT2D eigenvalue weighted by Crippen LogP contribution is 2.36. The van der Waals surface area contributed by atoms with Crippen LogP contribution in [0.25, 0.3) is 10.6 Å². The summed E-state index contributed by atoms with van der Waals surface area (Å²) >= 11 is 3.20. The number of alkyl halides is 3. The van der Waals surface area contributed by atoms with Crippen LogP contribution in [0.3, 0.4) is 0 Å². The number of rotatable bonds is 11. The van der Waals surface area contributed by atoms with Crippen molar-refractivity contribution in [1.29, 1.82) is 0 Å². The van der Waals surface area contributed by atoms with Crippen LogP contribution >= 0.6 is 23.1 Å². The number of esters is 1. The van der Waals surface area contributed by atoms with Gasteiger partial charge in [-0.1, -0.05) is 30.3 Å². The van der Waals surface area contributed by atoms with Crippen molar-refractivity contribution in [3.8, 4) is 16.3 Å². The molecule has 45 heavy (non-hydrogen) atoms. The van der Waals surface area contributed by atoms with Crippen LogP contribution < -0.4 is 9.64 Å². The lowest BCUT2D eigenvalue weighted by atomic mass is 10.1. The van der Waals surface area contributed by atoms with Crippen molar-refractivity contribution in [2.24, 2.45) is 0 Å². The Bertz CT molecular complexity index is 1600. The van der Waals surface area contributed by atoms with Crippen LogP contribution in [0.2, 0.25) is 0 Å². The number of carbonyl (C=O) groups is 1. The van der Waals surface area contributed by atoms with Crippen molar-refractivity contribution in [3.05, 3.63) is 94.0 Å². The fraction of sp³-hybridized carbons (Fsp3) is 0.353. The highest BCUT2D eigenvalue weighted by Gasteiger charge is 2.30. The van der Waals surface area contributed by atoms with E-state index in [2.05, 4.69) is 41.0 Å². The summed E-state index contributed by atoms with van der Waals surface area (Å²) in [6.07, 6.45) is -4.38. The van der Waals surface area contributed by atoms with Gasteiger partial charge < -0.3 is 14.4 Å². The number of halogens is 3. The van der Waals surface area contributed by atoms with Crippen molar-refractivity contribution < 1.29 is 27.4 Å². The molecule has 238 valence electrons. The van der Waals surface area contributed by atoms with Gasteiger partial charge in [0.05, 0.1) is 17.9 Å². The Kier molecular flexibility index (Phi) is 10.7. The minimum absolute atomic E-state index is 0.142. The molecular formula is C34H36F3N3O3S2. The third-order valence-corrected chi connectivity index (χ3v) is 9.96. The normalized spacial score (nSPS) is 14.0. The van der Waals surface area contributed by atoms with Gasteiger partial charge >= 0.3 is 12.1 Å². The smallest absolute Gasteiger partial charge is 0.416 e. The number of para-hydroxylation sites is 1. The Morgan fingerprint density at radius 3 is 2.38 bits per heavy atom. The van der Waals surface area contributed by atoms with Crippen molar-refractivity contribution in [2.75, 3.05) is 44.3 Å². The van der Waals surface area contributed by atoms with Crippen LogP contribution in [0.4, 0.5) is 18.9 Å². The van der Waals surface area contributed by atoms with Gasteiger partial charge in [-0.3, -0.25) is 4.90 Å². The first-order valence-corrected chi connectivity index (χ1v) is 16.6. The van der Waals surface area contributed by atoms with E-state index in [1.807, 2.05) is 25.1 Å². The van der Waals surface area contributed by atoms with Gasteiger partial charge in [-0.15, -0.1) is 23.1 Å². The first kappa shape index (κ1) is 32.8. The topological polar surface area (TPSA) is 54.9 Å². The predicted octanol–water partition coefficient (Wildman–Crippen LogP) is 8.00. The van der Waals surface area contributed by atoms with Crippen LogP contribution in [0.5, 0.6) is 5.75 Å². The number of hydrogen-bond acceptors (Lipinski definition) is 8. The number of thioether (sulfide) groups is 1. The Morgan fingerprint density at radius 2 is 1.71 bits per heavy atom. The highest BCUT2D eigenvalue weighted by atomic mass is 32.2. The first-order valence-electron chi connectivity index (χ1n) is 14.8. The molecule has 0 aliphatic carbocycles. The zero-order valence-electron chi connectivity index (χ0n) is 25.5. The van der Waals surface area contributed by atoms with Crippen molar-refractivity contribution >= 4 is 34.8 Å². The van der Waals surface area contributed by atoms with E-state index in [-0.39, 0.29) is 6.61 Å². The highest BCUT2D eigenvalue weighted by molar-refractivity contribution is 7.98. The largest absolute Gasteiger partial charge is 0.482 e. The minimum Gasteiger partial charge on any atom is -0.482 e. The SMILES string of the molecule is CCOC(=O)COc1ccc(SCc2sc(-c3ccc(C(F)(F)F)cc3)nc2CN2CCN(c3ccccc3C)CC2)cc1C. The van der Waals surface area contributed by atoms with Crippen molar-refractivity contribution in [2.45, 2.75) is 44.1 Å². The molecule has 0 amide bonds. The quantitative estimate of drug-likeness (QED) is 0.120. The minimum atomic E-state index is -4.38. The molecule has 0 N–H and O–H groups in total. The number of aromatic nitrogens is 1. The van der Waals surface area contributed by atoms with Crippen LogP contribution in [0.1, 0.15) is 34.2 Å². The molecule has 11 heteroatoms. The molecule has 4 aromatic rings. The molecule has 1 fully saturated rings. The van der Waals surface area contributed by atoms with Gasteiger partial charge in [-0.05, 0) is 68.3 Å². The van der Waals surface area contributed by atoms with E-state index in [4.69, 9.17) is 14.5 Å². The molecular weight excluding hydrogens is 620 g/mol. The number of piperazine rings is 1. The van der Waals surface area contributed by atoms with Crippen LogP contribution in [0, 0.1) is 13.8 Å². The molecule has 1 aliphatic rings. The summed E-state index contributed by atoms with van der Waals surface area (Å²) in [5.41, 5.74) is 4.40. The Morgan fingerprint density at radius 1 is 0.978 bits per heavy atom. The third kappa shape index (κ3) is 8.59. The van der Waals surface area contributed by atoms with Gasteiger partial charge in [0.25, 0.3) is 0 Å². The third-order valence-electron chi connectivity index (χ3n) is 7.61. The van der Waals surface area contributed by atoms with Gasteiger partial charge in [-0.25, -0.2) is 9.78 Å².